The first-order valence-corrected chi connectivity index (χ1v) is 10.8. The highest BCUT2D eigenvalue weighted by molar-refractivity contribution is 7.88. The number of amides is 2. The number of nitrogens with zero attached hydrogens (tertiary/aromatic N) is 3. The number of hydrogen-bond donors (Lipinski definition) is 0. The molecule has 3 rings (SSSR count). The van der Waals surface area contributed by atoms with Crippen molar-refractivity contribution in [3.8, 4) is 5.75 Å². The molecule has 2 aliphatic rings. The van der Waals surface area contributed by atoms with Gasteiger partial charge in [0.15, 0.2) is 0 Å². The lowest BCUT2D eigenvalue weighted by molar-refractivity contribution is -0.136. The number of carbonyl (C=O) groups excluding carboxylic acids is 2. The molecule has 0 aromatic heterocycles. The predicted octanol–water partition coefficient (Wildman–Crippen LogP) is 0.805. The van der Waals surface area contributed by atoms with E-state index in [-0.39, 0.29) is 37.9 Å². The van der Waals surface area contributed by atoms with E-state index in [4.69, 9.17) is 16.3 Å². The first-order chi connectivity index (χ1) is 12.7. The molecule has 0 radical (unpaired) electrons. The van der Waals surface area contributed by atoms with Crippen molar-refractivity contribution in [2.75, 3.05) is 51.0 Å². The van der Waals surface area contributed by atoms with Crippen molar-refractivity contribution < 1.29 is 22.7 Å². The molecular formula is C17H22ClN3O5S. The second-order valence-corrected chi connectivity index (χ2v) is 9.10. The number of halogens is 1. The summed E-state index contributed by atoms with van der Waals surface area (Å²) in [6.07, 6.45) is 1.30. The molecule has 0 aliphatic carbocycles. The zero-order valence-corrected chi connectivity index (χ0v) is 16.8. The van der Waals surface area contributed by atoms with Gasteiger partial charge in [0.25, 0.3) is 0 Å². The summed E-state index contributed by atoms with van der Waals surface area (Å²) in [5.41, 5.74) is 0.628. The van der Waals surface area contributed by atoms with Gasteiger partial charge in [0, 0.05) is 44.8 Å². The molecule has 1 atom stereocenters. The fourth-order valence-corrected chi connectivity index (χ4v) is 4.52. The van der Waals surface area contributed by atoms with Gasteiger partial charge in [-0.05, 0) is 18.2 Å². The van der Waals surface area contributed by atoms with Gasteiger partial charge in [-0.1, -0.05) is 11.6 Å². The van der Waals surface area contributed by atoms with Gasteiger partial charge in [-0.25, -0.2) is 8.42 Å². The fourth-order valence-electron chi connectivity index (χ4n) is 3.44. The summed E-state index contributed by atoms with van der Waals surface area (Å²) in [6, 6.07) is 5.07. The Bertz CT molecular complexity index is 852. The molecule has 0 saturated carbocycles. The van der Waals surface area contributed by atoms with Crippen LogP contribution in [0.5, 0.6) is 5.75 Å². The van der Waals surface area contributed by atoms with Crippen LogP contribution in [-0.2, 0) is 19.6 Å². The second-order valence-electron chi connectivity index (χ2n) is 6.71. The molecule has 2 fully saturated rings. The molecule has 0 bridgehead atoms. The van der Waals surface area contributed by atoms with Crippen molar-refractivity contribution >= 4 is 39.1 Å². The maximum atomic E-state index is 12.8. The van der Waals surface area contributed by atoms with Crippen LogP contribution in [0.1, 0.15) is 6.42 Å². The number of anilines is 1. The maximum absolute atomic E-state index is 12.8. The highest BCUT2D eigenvalue weighted by atomic mass is 35.5. The second kappa shape index (κ2) is 7.65. The van der Waals surface area contributed by atoms with Crippen LogP contribution in [0.2, 0.25) is 5.02 Å². The lowest BCUT2D eigenvalue weighted by Gasteiger charge is -2.34. The lowest BCUT2D eigenvalue weighted by Crippen LogP contribution is -2.51. The molecule has 1 aromatic carbocycles. The van der Waals surface area contributed by atoms with Crippen molar-refractivity contribution in [1.29, 1.82) is 0 Å². The van der Waals surface area contributed by atoms with E-state index in [2.05, 4.69) is 0 Å². The monoisotopic (exact) mass is 415 g/mol. The third-order valence-corrected chi connectivity index (χ3v) is 6.54. The summed E-state index contributed by atoms with van der Waals surface area (Å²) in [6.45, 7) is 1.52. The van der Waals surface area contributed by atoms with E-state index in [1.54, 1.807) is 28.0 Å². The highest BCUT2D eigenvalue weighted by Crippen LogP contribution is 2.32. The summed E-state index contributed by atoms with van der Waals surface area (Å²) in [7, 11) is -1.73. The molecule has 0 spiro atoms. The minimum atomic E-state index is -3.25. The SMILES string of the molecule is COc1ccc(N2C[C@@H](C(=O)N3CCN(S(C)(=O)=O)CC3)CC2=O)cc1Cl. The Morgan fingerprint density at radius 1 is 1.22 bits per heavy atom. The molecule has 1 aromatic rings. The largest absolute Gasteiger partial charge is 0.495 e. The Morgan fingerprint density at radius 3 is 2.44 bits per heavy atom. The standard InChI is InChI=1S/C17H22ClN3O5S/c1-26-15-4-3-13(10-14(15)18)21-11-12(9-16(21)22)17(23)19-5-7-20(8-6-19)27(2,24)25/h3-4,10,12H,5-9,11H2,1-2H3/t12-/m0/s1. The Hall–Kier alpha value is -1.84. The average Bonchev–Trinajstić information content (AvgIpc) is 3.02. The number of rotatable bonds is 4. The Balaban J connectivity index is 1.65. The molecule has 0 unspecified atom stereocenters. The average molecular weight is 416 g/mol. The number of ether oxygens (including phenoxy) is 1. The minimum absolute atomic E-state index is 0.112. The van der Waals surface area contributed by atoms with Crippen LogP contribution in [0.25, 0.3) is 0 Å². The van der Waals surface area contributed by atoms with E-state index in [9.17, 15) is 18.0 Å². The van der Waals surface area contributed by atoms with Crippen molar-refractivity contribution in [1.82, 2.24) is 9.21 Å². The summed E-state index contributed by atoms with van der Waals surface area (Å²) in [5, 5.41) is 0.398. The number of carbonyl (C=O) groups is 2. The summed E-state index contributed by atoms with van der Waals surface area (Å²) >= 11 is 6.13. The topological polar surface area (TPSA) is 87.2 Å². The minimum Gasteiger partial charge on any atom is -0.495 e. The first kappa shape index (κ1) is 19.9. The third kappa shape index (κ3) is 4.20. The van der Waals surface area contributed by atoms with E-state index < -0.39 is 15.9 Å². The van der Waals surface area contributed by atoms with Crippen molar-refractivity contribution in [2.24, 2.45) is 5.92 Å². The number of sulfonamides is 1. The molecule has 8 nitrogen and oxygen atoms in total. The number of hydrogen-bond acceptors (Lipinski definition) is 5. The number of piperazine rings is 1. The Labute approximate surface area is 163 Å². The molecular weight excluding hydrogens is 394 g/mol. The molecule has 2 aliphatic heterocycles. The van der Waals surface area contributed by atoms with Crippen molar-refractivity contribution in [3.05, 3.63) is 23.2 Å². The van der Waals surface area contributed by atoms with E-state index in [0.717, 1.165) is 6.26 Å². The molecule has 2 amide bonds. The van der Waals surface area contributed by atoms with Gasteiger partial charge in [0.1, 0.15) is 5.75 Å². The molecule has 2 saturated heterocycles. The van der Waals surface area contributed by atoms with E-state index in [1.807, 2.05) is 0 Å². The fraction of sp³-hybridized carbons (Fsp3) is 0.529. The number of methoxy groups -OCH3 is 1. The van der Waals surface area contributed by atoms with Gasteiger partial charge >= 0.3 is 0 Å². The summed E-state index contributed by atoms with van der Waals surface area (Å²) < 4.78 is 29.7. The van der Waals surface area contributed by atoms with E-state index in [0.29, 0.717) is 29.5 Å². The molecule has 10 heteroatoms. The van der Waals surface area contributed by atoms with Crippen LogP contribution in [0.3, 0.4) is 0 Å². The van der Waals surface area contributed by atoms with Crippen molar-refractivity contribution in [3.63, 3.8) is 0 Å². The molecule has 0 N–H and O–H groups in total. The molecule has 148 valence electrons. The van der Waals surface area contributed by atoms with Crippen LogP contribution in [0.15, 0.2) is 18.2 Å². The van der Waals surface area contributed by atoms with Gasteiger partial charge < -0.3 is 14.5 Å². The predicted molar refractivity (Wildman–Crippen MR) is 101 cm³/mol. The van der Waals surface area contributed by atoms with E-state index >= 15 is 0 Å². The lowest BCUT2D eigenvalue weighted by atomic mass is 10.1. The van der Waals surface area contributed by atoms with Crippen LogP contribution in [-0.4, -0.2) is 75.5 Å². The third-order valence-electron chi connectivity index (χ3n) is 4.94. The zero-order chi connectivity index (χ0) is 19.8. The number of benzene rings is 1. The highest BCUT2D eigenvalue weighted by Gasteiger charge is 2.38. The van der Waals surface area contributed by atoms with Crippen LogP contribution >= 0.6 is 11.6 Å². The van der Waals surface area contributed by atoms with Gasteiger partial charge in [-0.3, -0.25) is 9.59 Å². The molecule has 27 heavy (non-hydrogen) atoms. The normalized spacial score (nSPS) is 21.6. The Morgan fingerprint density at radius 2 is 1.89 bits per heavy atom. The quantitative estimate of drug-likeness (QED) is 0.726. The summed E-state index contributed by atoms with van der Waals surface area (Å²) in [5.74, 6) is -0.172. The first-order valence-electron chi connectivity index (χ1n) is 8.58. The summed E-state index contributed by atoms with van der Waals surface area (Å²) in [4.78, 5) is 28.4. The van der Waals surface area contributed by atoms with Crippen LogP contribution in [0.4, 0.5) is 5.69 Å². The maximum Gasteiger partial charge on any atom is 0.228 e. The van der Waals surface area contributed by atoms with Crippen molar-refractivity contribution in [2.45, 2.75) is 6.42 Å². The van der Waals surface area contributed by atoms with Crippen LogP contribution < -0.4 is 9.64 Å². The van der Waals surface area contributed by atoms with Gasteiger partial charge in [0.05, 0.1) is 24.3 Å². The molecule has 2 heterocycles. The zero-order valence-electron chi connectivity index (χ0n) is 15.2. The van der Waals surface area contributed by atoms with Crippen LogP contribution in [0, 0.1) is 5.92 Å². The van der Waals surface area contributed by atoms with Gasteiger partial charge in [-0.15, -0.1) is 0 Å². The smallest absolute Gasteiger partial charge is 0.228 e. The Kier molecular flexibility index (Phi) is 5.64. The van der Waals surface area contributed by atoms with Gasteiger partial charge in [-0.2, -0.15) is 4.31 Å². The van der Waals surface area contributed by atoms with E-state index in [1.165, 1.54) is 11.4 Å². The van der Waals surface area contributed by atoms with Gasteiger partial charge in [0.2, 0.25) is 21.8 Å².